The Balaban J connectivity index is 1.37. The number of benzene rings is 1. The van der Waals surface area contributed by atoms with E-state index in [0.717, 1.165) is 11.3 Å². The average Bonchev–Trinajstić information content (AvgIpc) is 3.29. The molecule has 1 spiro atoms. The molecule has 182 valence electrons. The second kappa shape index (κ2) is 8.03. The highest BCUT2D eigenvalue weighted by Gasteiger charge is 2.56. The van der Waals surface area contributed by atoms with Crippen molar-refractivity contribution in [2.24, 2.45) is 11.3 Å². The molecule has 35 heavy (non-hydrogen) atoms. The lowest BCUT2D eigenvalue weighted by Gasteiger charge is -2.43. The van der Waals surface area contributed by atoms with Crippen molar-refractivity contribution in [3.05, 3.63) is 47.1 Å². The van der Waals surface area contributed by atoms with Crippen LogP contribution in [0.2, 0.25) is 0 Å². The number of carbonyl (C=O) groups is 3. The molecule has 2 fully saturated rings. The number of para-hydroxylation sites is 2. The summed E-state index contributed by atoms with van der Waals surface area (Å²) in [5.41, 5.74) is -0.163. The molecule has 1 aromatic carbocycles. The van der Waals surface area contributed by atoms with E-state index in [4.69, 9.17) is 0 Å². The van der Waals surface area contributed by atoms with E-state index in [0.29, 0.717) is 35.2 Å². The maximum absolute atomic E-state index is 13.4. The summed E-state index contributed by atoms with van der Waals surface area (Å²) in [6.07, 6.45) is 4.75. The summed E-state index contributed by atoms with van der Waals surface area (Å²) >= 11 is 0. The molecule has 1 aliphatic carbocycles. The number of hydrogen-bond donors (Lipinski definition) is 3. The van der Waals surface area contributed by atoms with Gasteiger partial charge in [0.2, 0.25) is 5.91 Å². The number of H-pyrrole nitrogens is 1. The zero-order valence-electron chi connectivity index (χ0n) is 19.8. The normalized spacial score (nSPS) is 23.6. The van der Waals surface area contributed by atoms with Gasteiger partial charge in [-0.1, -0.05) is 32.9 Å². The number of rotatable bonds is 4. The van der Waals surface area contributed by atoms with Crippen molar-refractivity contribution in [2.75, 3.05) is 11.9 Å². The second-order valence-corrected chi connectivity index (χ2v) is 10.3. The van der Waals surface area contributed by atoms with Crippen molar-refractivity contribution >= 4 is 34.6 Å². The highest BCUT2D eigenvalue weighted by molar-refractivity contribution is 6.10. The summed E-state index contributed by atoms with van der Waals surface area (Å²) in [7, 11) is 0. The first-order valence-electron chi connectivity index (χ1n) is 11.5. The van der Waals surface area contributed by atoms with Crippen LogP contribution in [0.4, 0.5) is 10.5 Å². The minimum Gasteiger partial charge on any atom is -0.323 e. The van der Waals surface area contributed by atoms with Crippen molar-refractivity contribution < 1.29 is 14.4 Å². The molecule has 0 bridgehead atoms. The maximum atomic E-state index is 13.4. The number of carbonyl (C=O) groups excluding carboxylic acids is 3. The number of fused-ring (bicyclic) bond motifs is 1. The Morgan fingerprint density at radius 3 is 2.74 bits per heavy atom. The number of amides is 4. The summed E-state index contributed by atoms with van der Waals surface area (Å²) in [4.78, 5) is 58.8. The number of aromatic amines is 1. The number of imide groups is 1. The first kappa shape index (κ1) is 22.8. The highest BCUT2D eigenvalue weighted by Crippen LogP contribution is 2.46. The first-order chi connectivity index (χ1) is 16.6. The van der Waals surface area contributed by atoms with Gasteiger partial charge in [-0.25, -0.2) is 14.5 Å². The van der Waals surface area contributed by atoms with Gasteiger partial charge < -0.3 is 15.6 Å². The predicted octanol–water partition coefficient (Wildman–Crippen LogP) is 2.18. The van der Waals surface area contributed by atoms with E-state index in [9.17, 15) is 19.2 Å². The summed E-state index contributed by atoms with van der Waals surface area (Å²) in [5, 5.41) is 10.2. The molecule has 0 radical (unpaired) electrons. The molecular formula is C24H27N7O4. The standard InChI is InChI=1S/C24H27N7O4/c1-14-8-23(2,3)12-24(9-14)21(34)30(22(35)29-24)11-18(32)28-16-6-4-5-7-17(16)31-19-15(10-27-31)20(33)26-13-25-19/h4-7,10,13-14H,8-9,11-12H2,1-3H3,(H,28,32)(H,29,35)(H,25,26,33). The van der Waals surface area contributed by atoms with Crippen LogP contribution < -0.4 is 16.2 Å². The fraction of sp³-hybridized carbons (Fsp3) is 0.417. The van der Waals surface area contributed by atoms with Gasteiger partial charge in [0.15, 0.2) is 5.65 Å². The number of anilines is 1. The van der Waals surface area contributed by atoms with Crippen LogP contribution in [0.1, 0.15) is 40.0 Å². The molecule has 3 aromatic rings. The quantitative estimate of drug-likeness (QED) is 0.492. The summed E-state index contributed by atoms with van der Waals surface area (Å²) in [5.74, 6) is -0.608. The molecule has 1 aliphatic heterocycles. The summed E-state index contributed by atoms with van der Waals surface area (Å²) in [6.45, 7) is 5.86. The fourth-order valence-electron chi connectivity index (χ4n) is 5.78. The van der Waals surface area contributed by atoms with Crippen molar-refractivity contribution in [1.82, 2.24) is 30.0 Å². The van der Waals surface area contributed by atoms with Gasteiger partial charge in [-0.3, -0.25) is 19.3 Å². The number of urea groups is 1. The highest BCUT2D eigenvalue weighted by atomic mass is 16.2. The minimum absolute atomic E-state index is 0.0971. The van der Waals surface area contributed by atoms with Crippen LogP contribution in [0, 0.1) is 11.3 Å². The maximum Gasteiger partial charge on any atom is 0.325 e. The monoisotopic (exact) mass is 477 g/mol. The predicted molar refractivity (Wildman–Crippen MR) is 128 cm³/mol. The lowest BCUT2D eigenvalue weighted by molar-refractivity contribution is -0.136. The Kier molecular flexibility index (Phi) is 5.22. The van der Waals surface area contributed by atoms with Gasteiger partial charge in [-0.15, -0.1) is 0 Å². The average molecular weight is 478 g/mol. The summed E-state index contributed by atoms with van der Waals surface area (Å²) < 4.78 is 1.45. The lowest BCUT2D eigenvalue weighted by atomic mass is 9.64. The van der Waals surface area contributed by atoms with Crippen LogP contribution >= 0.6 is 0 Å². The van der Waals surface area contributed by atoms with Gasteiger partial charge in [0.25, 0.3) is 11.5 Å². The van der Waals surface area contributed by atoms with Gasteiger partial charge in [0.05, 0.1) is 23.9 Å². The number of hydrogen-bond acceptors (Lipinski definition) is 6. The molecule has 4 amide bonds. The molecular weight excluding hydrogens is 450 g/mol. The molecule has 11 heteroatoms. The Morgan fingerprint density at radius 1 is 1.20 bits per heavy atom. The van der Waals surface area contributed by atoms with E-state index in [2.05, 4.69) is 46.5 Å². The van der Waals surface area contributed by atoms with Gasteiger partial charge in [0.1, 0.15) is 17.5 Å². The number of nitrogens with one attached hydrogen (secondary N) is 3. The second-order valence-electron chi connectivity index (χ2n) is 10.3. The molecule has 11 nitrogen and oxygen atoms in total. The van der Waals surface area contributed by atoms with E-state index in [1.807, 2.05) is 0 Å². The zero-order valence-corrected chi connectivity index (χ0v) is 19.8. The SMILES string of the molecule is CC1CC(C)(C)CC2(C1)NC(=O)N(CC(=O)Nc1ccccc1-n1ncc3c(=O)[nH]cnc31)C2=O. The molecule has 2 atom stereocenters. The Hall–Kier alpha value is -4.02. The molecule has 1 saturated carbocycles. The van der Waals surface area contributed by atoms with Gasteiger partial charge in [-0.2, -0.15) is 5.10 Å². The molecule has 3 heterocycles. The third-order valence-electron chi connectivity index (χ3n) is 6.70. The van der Waals surface area contributed by atoms with E-state index < -0.39 is 24.0 Å². The molecule has 2 unspecified atom stereocenters. The van der Waals surface area contributed by atoms with Crippen LogP contribution in [0.15, 0.2) is 41.6 Å². The van der Waals surface area contributed by atoms with Crippen LogP contribution in [0.25, 0.3) is 16.7 Å². The van der Waals surface area contributed by atoms with E-state index in [1.165, 1.54) is 17.2 Å². The Morgan fingerprint density at radius 2 is 1.97 bits per heavy atom. The number of aromatic nitrogens is 4. The third-order valence-corrected chi connectivity index (χ3v) is 6.70. The van der Waals surface area contributed by atoms with Gasteiger partial charge in [-0.05, 0) is 42.7 Å². The Bertz CT molecular complexity index is 1410. The molecule has 2 aliphatic rings. The Labute approximate surface area is 200 Å². The molecule has 1 saturated heterocycles. The minimum atomic E-state index is -0.969. The van der Waals surface area contributed by atoms with Crippen LogP contribution in [-0.4, -0.2) is 54.6 Å². The van der Waals surface area contributed by atoms with Crippen LogP contribution in [0.3, 0.4) is 0 Å². The van der Waals surface area contributed by atoms with Crippen molar-refractivity contribution in [3.8, 4) is 5.69 Å². The van der Waals surface area contributed by atoms with Crippen molar-refractivity contribution in [1.29, 1.82) is 0 Å². The largest absolute Gasteiger partial charge is 0.325 e. The third kappa shape index (κ3) is 3.96. The zero-order chi connectivity index (χ0) is 25.0. The molecule has 2 aromatic heterocycles. The first-order valence-corrected chi connectivity index (χ1v) is 11.5. The van der Waals surface area contributed by atoms with E-state index in [1.54, 1.807) is 24.3 Å². The fourth-order valence-corrected chi connectivity index (χ4v) is 5.78. The number of nitrogens with zero attached hydrogens (tertiary/aromatic N) is 4. The topological polar surface area (TPSA) is 142 Å². The summed E-state index contributed by atoms with van der Waals surface area (Å²) in [6, 6.07) is 6.34. The molecule has 3 N–H and O–H groups in total. The van der Waals surface area contributed by atoms with Crippen molar-refractivity contribution in [2.45, 2.75) is 45.6 Å². The van der Waals surface area contributed by atoms with Crippen LogP contribution in [0.5, 0.6) is 0 Å². The lowest BCUT2D eigenvalue weighted by Crippen LogP contribution is -2.54. The molecule has 5 rings (SSSR count). The smallest absolute Gasteiger partial charge is 0.323 e. The van der Waals surface area contributed by atoms with E-state index >= 15 is 0 Å². The van der Waals surface area contributed by atoms with Gasteiger partial charge >= 0.3 is 6.03 Å². The van der Waals surface area contributed by atoms with Crippen LogP contribution in [-0.2, 0) is 9.59 Å². The van der Waals surface area contributed by atoms with E-state index in [-0.39, 0.29) is 22.8 Å². The van der Waals surface area contributed by atoms with Crippen molar-refractivity contribution in [3.63, 3.8) is 0 Å². The van der Waals surface area contributed by atoms with Gasteiger partial charge in [0, 0.05) is 0 Å².